The fraction of sp³-hybridized carbons (Fsp3) is 0.875. The molecule has 0 aromatic heterocycles. The van der Waals surface area contributed by atoms with Crippen molar-refractivity contribution in [3.8, 4) is 0 Å². The van der Waals surface area contributed by atoms with Crippen molar-refractivity contribution in [1.82, 2.24) is 0 Å². The first-order valence-electron chi connectivity index (χ1n) is 4.02. The third-order valence-corrected chi connectivity index (χ3v) is 1.47. The van der Waals surface area contributed by atoms with Crippen LogP contribution in [-0.4, -0.2) is 28.6 Å². The lowest BCUT2D eigenvalue weighted by Crippen LogP contribution is -2.41. The number of carboxylic acid groups (broad SMARTS) is 1. The molecule has 0 aromatic carbocycles. The van der Waals surface area contributed by atoms with Gasteiger partial charge in [0, 0.05) is 6.42 Å². The molecular weight excluding hydrogens is 160 g/mol. The third kappa shape index (κ3) is 3.19. The molecule has 4 nitrogen and oxygen atoms in total. The largest absolute Gasteiger partial charge is 0.477 e. The Morgan fingerprint density at radius 3 is 2.33 bits per heavy atom. The molecule has 12 heavy (non-hydrogen) atoms. The highest BCUT2D eigenvalue weighted by Crippen LogP contribution is 2.13. The van der Waals surface area contributed by atoms with E-state index in [-0.39, 0.29) is 18.9 Å². The van der Waals surface area contributed by atoms with Crippen LogP contribution in [-0.2, 0) is 9.53 Å². The Labute approximate surface area is 72.2 Å². The third-order valence-electron chi connectivity index (χ3n) is 1.47. The minimum atomic E-state index is -2.01. The number of carbonyl (C=O) groups is 1. The summed E-state index contributed by atoms with van der Waals surface area (Å²) >= 11 is 0. The van der Waals surface area contributed by atoms with Gasteiger partial charge in [0.25, 0.3) is 5.79 Å². The minimum Gasteiger partial charge on any atom is -0.477 e. The molecule has 0 fully saturated rings. The zero-order valence-electron chi connectivity index (χ0n) is 7.70. The molecule has 0 saturated heterocycles. The van der Waals surface area contributed by atoms with Gasteiger partial charge in [-0.15, -0.1) is 0 Å². The van der Waals surface area contributed by atoms with Gasteiger partial charge >= 0.3 is 5.97 Å². The summed E-state index contributed by atoms with van der Waals surface area (Å²) in [6.45, 7) is 5.58. The fourth-order valence-corrected chi connectivity index (χ4v) is 0.620. The first kappa shape index (κ1) is 11.4. The Morgan fingerprint density at radius 2 is 2.08 bits per heavy atom. The van der Waals surface area contributed by atoms with E-state index in [4.69, 9.17) is 9.84 Å². The molecule has 0 rings (SSSR count). The van der Waals surface area contributed by atoms with Crippen molar-refractivity contribution in [1.29, 1.82) is 0 Å². The number of aliphatic carboxylic acids is 1. The molecule has 0 amide bonds. The van der Waals surface area contributed by atoms with E-state index in [1.165, 1.54) is 0 Å². The van der Waals surface area contributed by atoms with Gasteiger partial charge in [-0.3, -0.25) is 0 Å². The molecule has 1 unspecified atom stereocenters. The highest BCUT2D eigenvalue weighted by atomic mass is 16.6. The zero-order chi connectivity index (χ0) is 9.78. The number of aliphatic hydroxyl groups is 1. The van der Waals surface area contributed by atoms with Crippen LogP contribution in [0.3, 0.4) is 0 Å². The molecule has 0 aromatic rings. The van der Waals surface area contributed by atoms with Crippen molar-refractivity contribution in [2.75, 3.05) is 6.61 Å². The van der Waals surface area contributed by atoms with Crippen LogP contribution in [0.2, 0.25) is 0 Å². The maximum absolute atomic E-state index is 10.5. The van der Waals surface area contributed by atoms with Gasteiger partial charge in [0.05, 0.1) is 6.61 Å². The molecule has 4 heteroatoms. The van der Waals surface area contributed by atoms with Gasteiger partial charge in [-0.2, -0.15) is 0 Å². The molecule has 72 valence electrons. The molecule has 2 N–H and O–H groups in total. The topological polar surface area (TPSA) is 66.8 Å². The predicted octanol–water partition coefficient (Wildman–Crippen LogP) is 0.842. The highest BCUT2D eigenvalue weighted by Gasteiger charge is 2.35. The fourth-order valence-electron chi connectivity index (χ4n) is 0.620. The second-order valence-corrected chi connectivity index (χ2v) is 3.15. The quantitative estimate of drug-likeness (QED) is 0.609. The van der Waals surface area contributed by atoms with Crippen LogP contribution in [0, 0.1) is 5.92 Å². The van der Waals surface area contributed by atoms with E-state index in [2.05, 4.69) is 0 Å². The summed E-state index contributed by atoms with van der Waals surface area (Å²) in [6, 6.07) is 0. The van der Waals surface area contributed by atoms with E-state index in [0.717, 1.165) is 0 Å². The Hall–Kier alpha value is -0.610. The molecule has 1 atom stereocenters. The summed E-state index contributed by atoms with van der Waals surface area (Å²) in [4.78, 5) is 10.5. The lowest BCUT2D eigenvalue weighted by atomic mass is 10.2. The summed E-state index contributed by atoms with van der Waals surface area (Å²) in [5.74, 6) is -3.13. The number of rotatable bonds is 5. The second kappa shape index (κ2) is 4.42. The zero-order valence-corrected chi connectivity index (χ0v) is 7.70. The Kier molecular flexibility index (Phi) is 4.20. The minimum absolute atomic E-state index is 0.0506. The van der Waals surface area contributed by atoms with E-state index in [9.17, 15) is 9.90 Å². The molecule has 0 aliphatic rings. The van der Waals surface area contributed by atoms with Crippen molar-refractivity contribution in [2.24, 2.45) is 5.92 Å². The Bertz CT molecular complexity index is 155. The summed E-state index contributed by atoms with van der Waals surface area (Å²) in [7, 11) is 0. The van der Waals surface area contributed by atoms with Crippen molar-refractivity contribution in [3.63, 3.8) is 0 Å². The molecule has 0 aliphatic heterocycles. The highest BCUT2D eigenvalue weighted by molar-refractivity contribution is 5.75. The Balaban J connectivity index is 4.06. The number of carboxylic acids is 1. The van der Waals surface area contributed by atoms with Crippen LogP contribution >= 0.6 is 0 Å². The van der Waals surface area contributed by atoms with Gasteiger partial charge in [0.1, 0.15) is 0 Å². The van der Waals surface area contributed by atoms with Gasteiger partial charge in [0.2, 0.25) is 0 Å². The lowest BCUT2D eigenvalue weighted by molar-refractivity contribution is -0.227. The van der Waals surface area contributed by atoms with Crippen LogP contribution in [0.25, 0.3) is 0 Å². The number of hydrogen-bond acceptors (Lipinski definition) is 3. The van der Waals surface area contributed by atoms with Crippen LogP contribution in [0.5, 0.6) is 0 Å². The van der Waals surface area contributed by atoms with E-state index >= 15 is 0 Å². The van der Waals surface area contributed by atoms with Crippen LogP contribution in [0.15, 0.2) is 0 Å². The van der Waals surface area contributed by atoms with Gasteiger partial charge in [-0.1, -0.05) is 20.8 Å². The van der Waals surface area contributed by atoms with Crippen molar-refractivity contribution in [3.05, 3.63) is 0 Å². The first-order chi connectivity index (χ1) is 5.42. The summed E-state index contributed by atoms with van der Waals surface area (Å²) in [6.07, 6.45) is 0.0506. The van der Waals surface area contributed by atoms with Gasteiger partial charge in [0.15, 0.2) is 0 Å². The van der Waals surface area contributed by atoms with Crippen molar-refractivity contribution < 1.29 is 19.7 Å². The van der Waals surface area contributed by atoms with Gasteiger partial charge in [-0.05, 0) is 5.92 Å². The van der Waals surface area contributed by atoms with Crippen LogP contribution in [0.1, 0.15) is 27.2 Å². The molecule has 0 bridgehead atoms. The number of ether oxygens (including phenoxy) is 1. The van der Waals surface area contributed by atoms with E-state index in [1.807, 2.05) is 13.8 Å². The van der Waals surface area contributed by atoms with Crippen LogP contribution < -0.4 is 0 Å². The summed E-state index contributed by atoms with van der Waals surface area (Å²) < 4.78 is 4.86. The molecule has 0 heterocycles. The lowest BCUT2D eigenvalue weighted by Gasteiger charge is -2.22. The SMILES string of the molecule is CCC(O)(OCC(C)C)C(=O)O. The van der Waals surface area contributed by atoms with Crippen molar-refractivity contribution in [2.45, 2.75) is 33.0 Å². The average Bonchev–Trinajstić information content (AvgIpc) is 1.99. The molecule has 0 aliphatic carbocycles. The van der Waals surface area contributed by atoms with E-state index in [0.29, 0.717) is 0 Å². The van der Waals surface area contributed by atoms with Crippen LogP contribution in [0.4, 0.5) is 0 Å². The smallest absolute Gasteiger partial charge is 0.364 e. The summed E-state index contributed by atoms with van der Waals surface area (Å²) in [5, 5.41) is 17.9. The first-order valence-corrected chi connectivity index (χ1v) is 4.02. The predicted molar refractivity (Wildman–Crippen MR) is 43.7 cm³/mol. The van der Waals surface area contributed by atoms with E-state index in [1.54, 1.807) is 6.92 Å². The van der Waals surface area contributed by atoms with Crippen molar-refractivity contribution >= 4 is 5.97 Å². The molecule has 0 saturated carbocycles. The number of hydrogen-bond donors (Lipinski definition) is 2. The molecular formula is C8H16O4. The van der Waals surface area contributed by atoms with E-state index < -0.39 is 11.8 Å². The maximum atomic E-state index is 10.5. The monoisotopic (exact) mass is 176 g/mol. The molecule has 0 radical (unpaired) electrons. The average molecular weight is 176 g/mol. The van der Waals surface area contributed by atoms with Gasteiger partial charge < -0.3 is 14.9 Å². The second-order valence-electron chi connectivity index (χ2n) is 3.15. The van der Waals surface area contributed by atoms with Gasteiger partial charge in [-0.25, -0.2) is 4.79 Å². The summed E-state index contributed by atoms with van der Waals surface area (Å²) in [5.41, 5.74) is 0. The normalized spacial score (nSPS) is 16.1. The molecule has 0 spiro atoms. The maximum Gasteiger partial charge on any atom is 0.364 e. The standard InChI is InChI=1S/C8H16O4/c1-4-8(11,7(9)10)12-5-6(2)3/h6,11H,4-5H2,1-3H3,(H,9,10). The Morgan fingerprint density at radius 1 is 1.58 bits per heavy atom.